The number of carbonyl (C=O) groups is 2. The summed E-state index contributed by atoms with van der Waals surface area (Å²) in [5, 5.41) is 15.1. The van der Waals surface area contributed by atoms with Gasteiger partial charge < -0.3 is 19.9 Å². The summed E-state index contributed by atoms with van der Waals surface area (Å²) in [6.07, 6.45) is 0.934. The summed E-state index contributed by atoms with van der Waals surface area (Å²) in [6.45, 7) is 2.58. The molecular weight excluding hydrogens is 490 g/mol. The fourth-order valence-electron chi connectivity index (χ4n) is 5.15. The molecule has 1 fully saturated rings. The number of aromatic nitrogens is 2. The van der Waals surface area contributed by atoms with E-state index in [4.69, 9.17) is 0 Å². The molecule has 9 heteroatoms. The maximum atomic E-state index is 15.1. The number of halogens is 2. The minimum absolute atomic E-state index is 0.0372. The largest absolute Gasteiger partial charge is 0.373 e. The summed E-state index contributed by atoms with van der Waals surface area (Å²) in [5.74, 6) is -1.62. The first-order valence-electron chi connectivity index (χ1n) is 12.5. The van der Waals surface area contributed by atoms with Gasteiger partial charge >= 0.3 is 0 Å². The van der Waals surface area contributed by atoms with Gasteiger partial charge in [-0.25, -0.2) is 13.8 Å². The molecule has 5 rings (SSSR count). The highest BCUT2D eigenvalue weighted by Crippen LogP contribution is 2.40. The number of carbonyl (C=O) groups excluding carboxylic acids is 2. The lowest BCUT2D eigenvalue weighted by Gasteiger charge is -2.30. The summed E-state index contributed by atoms with van der Waals surface area (Å²) in [4.78, 5) is 31.1. The molecule has 1 aliphatic heterocycles. The van der Waals surface area contributed by atoms with Crippen LogP contribution < -0.4 is 5.32 Å². The van der Waals surface area contributed by atoms with Crippen LogP contribution in [0.5, 0.6) is 0 Å². The molecule has 2 amide bonds. The van der Waals surface area contributed by atoms with Crippen LogP contribution in [-0.4, -0.2) is 51.0 Å². The van der Waals surface area contributed by atoms with E-state index in [-0.39, 0.29) is 34.8 Å². The molecule has 1 aliphatic rings. The number of hydrogen-bond donors (Lipinski definition) is 2. The van der Waals surface area contributed by atoms with Gasteiger partial charge in [0.25, 0.3) is 5.91 Å². The predicted octanol–water partition coefficient (Wildman–Crippen LogP) is 3.97. The van der Waals surface area contributed by atoms with Crippen LogP contribution in [0.25, 0.3) is 11.0 Å². The second-order valence-corrected chi connectivity index (χ2v) is 9.54. The van der Waals surface area contributed by atoms with Gasteiger partial charge in [0, 0.05) is 49.3 Å². The summed E-state index contributed by atoms with van der Waals surface area (Å²) in [6, 6.07) is 16.1. The zero-order valence-corrected chi connectivity index (χ0v) is 21.1. The summed E-state index contributed by atoms with van der Waals surface area (Å²) in [5.41, 5.74) is -1.14. The minimum Gasteiger partial charge on any atom is -0.373 e. The van der Waals surface area contributed by atoms with E-state index in [2.05, 4.69) is 10.3 Å². The highest BCUT2D eigenvalue weighted by molar-refractivity contribution is 5.97. The monoisotopic (exact) mass is 518 g/mol. The van der Waals surface area contributed by atoms with Crippen molar-refractivity contribution in [3.8, 4) is 0 Å². The third-order valence-corrected chi connectivity index (χ3v) is 7.14. The van der Waals surface area contributed by atoms with Gasteiger partial charge in [0.2, 0.25) is 5.91 Å². The van der Waals surface area contributed by atoms with E-state index in [1.54, 1.807) is 46.8 Å². The van der Waals surface area contributed by atoms with Crippen molar-refractivity contribution in [1.29, 1.82) is 0 Å². The van der Waals surface area contributed by atoms with Gasteiger partial charge in [-0.15, -0.1) is 0 Å². The van der Waals surface area contributed by atoms with Gasteiger partial charge in [0.05, 0.1) is 11.0 Å². The van der Waals surface area contributed by atoms with Gasteiger partial charge in [-0.2, -0.15) is 0 Å². The average molecular weight is 519 g/mol. The number of likely N-dealkylation sites (N-methyl/N-ethyl adjacent to an activating group) is 1. The Hall–Kier alpha value is -4.11. The van der Waals surface area contributed by atoms with Crippen LogP contribution in [0.4, 0.5) is 8.78 Å². The lowest BCUT2D eigenvalue weighted by Crippen LogP contribution is -2.48. The molecule has 0 aliphatic carbocycles. The van der Waals surface area contributed by atoms with Crippen molar-refractivity contribution in [3.63, 3.8) is 0 Å². The molecule has 3 aromatic carbocycles. The van der Waals surface area contributed by atoms with E-state index in [0.29, 0.717) is 42.5 Å². The van der Waals surface area contributed by atoms with Crippen LogP contribution in [0.15, 0.2) is 66.7 Å². The first-order valence-corrected chi connectivity index (χ1v) is 12.5. The Morgan fingerprint density at radius 2 is 1.71 bits per heavy atom. The van der Waals surface area contributed by atoms with Crippen molar-refractivity contribution in [2.75, 3.05) is 13.6 Å². The number of aryl methyl sites for hydroxylation is 1. The Morgan fingerprint density at radius 3 is 2.29 bits per heavy atom. The van der Waals surface area contributed by atoms with E-state index < -0.39 is 17.2 Å². The van der Waals surface area contributed by atoms with Crippen LogP contribution in [-0.2, 0) is 16.9 Å². The molecule has 0 radical (unpaired) electrons. The molecule has 1 aromatic heterocycles. The lowest BCUT2D eigenvalue weighted by atomic mass is 9.84. The first kappa shape index (κ1) is 25.5. The number of nitrogens with zero attached hydrogens (tertiary/aromatic N) is 3. The maximum absolute atomic E-state index is 15.1. The third-order valence-electron chi connectivity index (χ3n) is 7.14. The van der Waals surface area contributed by atoms with Gasteiger partial charge in [-0.05, 0) is 43.7 Å². The zero-order chi connectivity index (χ0) is 27.0. The predicted molar refractivity (Wildman–Crippen MR) is 138 cm³/mol. The standard InChI is InChI=1S/C29H28F2N4O3/c1-3-35-25-16-18(27(37)32-19-13-15-26(36)34(2)17-19)12-14-24(25)33-28(35)29(38,20-8-4-6-10-22(20)30)21-9-5-7-11-23(21)31/h4-12,14,16,19,38H,3,13,15,17H2,1-2H3,(H,32,37)/t19-/m0/s1. The smallest absolute Gasteiger partial charge is 0.251 e. The molecule has 0 saturated carbocycles. The summed E-state index contributed by atoms with van der Waals surface area (Å²) in [7, 11) is 1.71. The minimum atomic E-state index is -2.24. The molecule has 2 N–H and O–H groups in total. The number of imidazole rings is 1. The van der Waals surface area contributed by atoms with Crippen molar-refractivity contribution in [1.82, 2.24) is 19.8 Å². The van der Waals surface area contributed by atoms with Gasteiger partial charge in [-0.3, -0.25) is 9.59 Å². The van der Waals surface area contributed by atoms with E-state index in [1.165, 1.54) is 36.4 Å². The summed E-state index contributed by atoms with van der Waals surface area (Å²) >= 11 is 0. The molecule has 1 saturated heterocycles. The fourth-order valence-corrected chi connectivity index (χ4v) is 5.15. The Bertz CT molecular complexity index is 1490. The van der Waals surface area contributed by atoms with Crippen LogP contribution >= 0.6 is 0 Å². The highest BCUT2D eigenvalue weighted by Gasteiger charge is 2.42. The Morgan fingerprint density at radius 1 is 1.08 bits per heavy atom. The van der Waals surface area contributed by atoms with Crippen molar-refractivity contribution in [2.24, 2.45) is 0 Å². The molecule has 2 heterocycles. The number of hydrogen-bond acceptors (Lipinski definition) is 4. The van der Waals surface area contributed by atoms with Crippen molar-refractivity contribution >= 4 is 22.8 Å². The quantitative estimate of drug-likeness (QED) is 0.405. The number of aliphatic hydroxyl groups is 1. The maximum Gasteiger partial charge on any atom is 0.251 e. The van der Waals surface area contributed by atoms with E-state index in [1.807, 2.05) is 6.92 Å². The number of benzene rings is 3. The molecule has 0 spiro atoms. The van der Waals surface area contributed by atoms with Gasteiger partial charge in [-0.1, -0.05) is 36.4 Å². The normalized spacial score (nSPS) is 16.2. The van der Waals surface area contributed by atoms with Crippen molar-refractivity contribution < 1.29 is 23.5 Å². The molecule has 0 unspecified atom stereocenters. The second kappa shape index (κ2) is 9.98. The van der Waals surface area contributed by atoms with Crippen molar-refractivity contribution in [2.45, 2.75) is 38.0 Å². The SMILES string of the molecule is CCn1c(C(O)(c2ccccc2F)c2ccccc2F)nc2ccc(C(=O)N[C@H]3CCC(=O)N(C)C3)cc21. The third kappa shape index (κ3) is 4.32. The number of amides is 2. The van der Waals surface area contributed by atoms with Crippen LogP contribution in [0, 0.1) is 11.6 Å². The average Bonchev–Trinajstić information content (AvgIpc) is 3.29. The van der Waals surface area contributed by atoms with Crippen LogP contribution in [0.1, 0.15) is 47.1 Å². The Kier molecular flexibility index (Phi) is 6.71. The number of piperidine rings is 1. The highest BCUT2D eigenvalue weighted by atomic mass is 19.1. The number of nitrogens with one attached hydrogen (secondary N) is 1. The second-order valence-electron chi connectivity index (χ2n) is 9.54. The Labute approximate surface area is 218 Å². The summed E-state index contributed by atoms with van der Waals surface area (Å²) < 4.78 is 31.9. The molecule has 7 nitrogen and oxygen atoms in total. The van der Waals surface area contributed by atoms with Gasteiger partial charge in [0.1, 0.15) is 11.6 Å². The van der Waals surface area contributed by atoms with Crippen LogP contribution in [0.3, 0.4) is 0 Å². The zero-order valence-electron chi connectivity index (χ0n) is 21.1. The fraction of sp³-hybridized carbons (Fsp3) is 0.276. The van der Waals surface area contributed by atoms with Crippen LogP contribution in [0.2, 0.25) is 0 Å². The molecule has 1 atom stereocenters. The molecular formula is C29H28F2N4O3. The molecule has 4 aromatic rings. The van der Waals surface area contributed by atoms with E-state index in [9.17, 15) is 14.7 Å². The Balaban J connectivity index is 1.61. The molecule has 0 bridgehead atoms. The van der Waals surface area contributed by atoms with E-state index >= 15 is 8.78 Å². The number of fused-ring (bicyclic) bond motifs is 1. The lowest BCUT2D eigenvalue weighted by molar-refractivity contribution is -0.132. The van der Waals surface area contributed by atoms with Crippen molar-refractivity contribution in [3.05, 3.63) is 101 Å². The molecule has 196 valence electrons. The number of rotatable bonds is 6. The molecule has 38 heavy (non-hydrogen) atoms. The number of likely N-dealkylation sites (tertiary alicyclic amines) is 1. The first-order chi connectivity index (χ1) is 18.2. The topological polar surface area (TPSA) is 87.5 Å². The van der Waals surface area contributed by atoms with Gasteiger partial charge in [0.15, 0.2) is 11.4 Å². The van der Waals surface area contributed by atoms with E-state index in [0.717, 1.165) is 0 Å².